The largest absolute Gasteiger partial charge is 0.377 e. The Morgan fingerprint density at radius 3 is 2.67 bits per heavy atom. The highest BCUT2D eigenvalue weighted by atomic mass is 16.5. The van der Waals surface area contributed by atoms with Gasteiger partial charge in [0, 0.05) is 20.2 Å². The zero-order valence-electron chi connectivity index (χ0n) is 7.38. The molecule has 0 aromatic heterocycles. The molecular formula is C8H16N2O2. The Bertz CT molecular complexity index is 141. The predicted molar refractivity (Wildman–Crippen MR) is 46.7 cm³/mol. The van der Waals surface area contributed by atoms with Crippen molar-refractivity contribution in [2.24, 2.45) is 0 Å². The minimum atomic E-state index is 0.120. The first-order chi connectivity index (χ1) is 5.88. The van der Waals surface area contributed by atoms with E-state index in [9.17, 15) is 0 Å². The van der Waals surface area contributed by atoms with Crippen LogP contribution in [0.3, 0.4) is 0 Å². The first kappa shape index (κ1) is 9.67. The van der Waals surface area contributed by atoms with Gasteiger partial charge in [-0.3, -0.25) is 10.9 Å². The first-order valence-corrected chi connectivity index (χ1v) is 4.09. The number of nitrogens with one attached hydrogen (secondary N) is 2. The molecule has 0 spiro atoms. The summed E-state index contributed by atoms with van der Waals surface area (Å²) < 4.78 is 10.7. The second-order valence-electron chi connectivity index (χ2n) is 2.70. The highest BCUT2D eigenvalue weighted by molar-refractivity contribution is 4.79. The molecule has 0 bridgehead atoms. The summed E-state index contributed by atoms with van der Waals surface area (Å²) in [5, 5.41) is 0. The summed E-state index contributed by atoms with van der Waals surface area (Å²) in [6.45, 7) is 5.72. The molecule has 70 valence electrons. The molecule has 1 fully saturated rings. The van der Waals surface area contributed by atoms with Gasteiger partial charge in [0.1, 0.15) is 0 Å². The summed E-state index contributed by atoms with van der Waals surface area (Å²) in [5.74, 6) is 0. The van der Waals surface area contributed by atoms with Crippen LogP contribution in [0.1, 0.15) is 0 Å². The third-order valence-corrected chi connectivity index (χ3v) is 1.88. The van der Waals surface area contributed by atoms with Crippen LogP contribution >= 0.6 is 0 Å². The summed E-state index contributed by atoms with van der Waals surface area (Å²) in [5.41, 5.74) is 6.03. The zero-order valence-corrected chi connectivity index (χ0v) is 7.38. The van der Waals surface area contributed by atoms with Crippen LogP contribution in [0.15, 0.2) is 12.7 Å². The number of hydrazine groups is 1. The van der Waals surface area contributed by atoms with Crippen molar-refractivity contribution < 1.29 is 9.47 Å². The van der Waals surface area contributed by atoms with Crippen molar-refractivity contribution in [3.63, 3.8) is 0 Å². The van der Waals surface area contributed by atoms with Gasteiger partial charge in [-0.2, -0.15) is 0 Å². The standard InChI is InChI=1S/C8H16N2O2/c1-3-4-12-8-6-10-9-5-7(8)11-2/h3,7-10H,1,4-6H2,2H3. The predicted octanol–water partition coefficient (Wildman–Crippen LogP) is -0.320. The third-order valence-electron chi connectivity index (χ3n) is 1.88. The average molecular weight is 172 g/mol. The minimum Gasteiger partial charge on any atom is -0.377 e. The fraction of sp³-hybridized carbons (Fsp3) is 0.750. The van der Waals surface area contributed by atoms with Crippen molar-refractivity contribution in [2.45, 2.75) is 12.2 Å². The van der Waals surface area contributed by atoms with E-state index < -0.39 is 0 Å². The molecule has 0 aromatic carbocycles. The fourth-order valence-electron chi connectivity index (χ4n) is 1.20. The Morgan fingerprint density at radius 2 is 2.08 bits per heavy atom. The molecule has 0 aromatic rings. The molecule has 4 nitrogen and oxygen atoms in total. The van der Waals surface area contributed by atoms with Gasteiger partial charge >= 0.3 is 0 Å². The van der Waals surface area contributed by atoms with E-state index in [1.807, 2.05) is 0 Å². The van der Waals surface area contributed by atoms with Gasteiger partial charge in [0.05, 0.1) is 18.8 Å². The quantitative estimate of drug-likeness (QED) is 0.570. The van der Waals surface area contributed by atoms with E-state index in [1.54, 1.807) is 13.2 Å². The van der Waals surface area contributed by atoms with Gasteiger partial charge in [-0.1, -0.05) is 6.08 Å². The molecule has 1 rings (SSSR count). The summed E-state index contributed by atoms with van der Waals surface area (Å²) in [4.78, 5) is 0. The van der Waals surface area contributed by atoms with E-state index in [1.165, 1.54) is 0 Å². The number of ether oxygens (including phenoxy) is 2. The molecule has 0 aliphatic carbocycles. The molecule has 2 unspecified atom stereocenters. The number of rotatable bonds is 4. The van der Waals surface area contributed by atoms with Crippen LogP contribution in [0.5, 0.6) is 0 Å². The molecule has 1 heterocycles. The second kappa shape index (κ2) is 5.27. The average Bonchev–Trinajstić information content (AvgIpc) is 2.15. The lowest BCUT2D eigenvalue weighted by Crippen LogP contribution is -2.55. The Labute approximate surface area is 72.9 Å². The molecule has 12 heavy (non-hydrogen) atoms. The van der Waals surface area contributed by atoms with Gasteiger partial charge in [-0.05, 0) is 0 Å². The topological polar surface area (TPSA) is 42.5 Å². The van der Waals surface area contributed by atoms with E-state index in [4.69, 9.17) is 9.47 Å². The van der Waals surface area contributed by atoms with Crippen molar-refractivity contribution in [1.82, 2.24) is 10.9 Å². The van der Waals surface area contributed by atoms with E-state index >= 15 is 0 Å². The maximum Gasteiger partial charge on any atom is 0.0991 e. The smallest absolute Gasteiger partial charge is 0.0991 e. The highest BCUT2D eigenvalue weighted by Gasteiger charge is 2.24. The molecule has 2 atom stereocenters. The molecule has 0 amide bonds. The van der Waals surface area contributed by atoms with Gasteiger partial charge < -0.3 is 9.47 Å². The lowest BCUT2D eigenvalue weighted by molar-refractivity contribution is -0.0622. The monoisotopic (exact) mass is 172 g/mol. The van der Waals surface area contributed by atoms with Crippen molar-refractivity contribution in [3.05, 3.63) is 12.7 Å². The molecular weight excluding hydrogens is 156 g/mol. The molecule has 0 radical (unpaired) electrons. The maximum absolute atomic E-state index is 5.49. The lowest BCUT2D eigenvalue weighted by Gasteiger charge is -2.31. The molecule has 4 heteroatoms. The zero-order chi connectivity index (χ0) is 8.81. The Hall–Kier alpha value is -0.420. The second-order valence-corrected chi connectivity index (χ2v) is 2.70. The van der Waals surface area contributed by atoms with Crippen LogP contribution in [0.4, 0.5) is 0 Å². The summed E-state index contributed by atoms with van der Waals surface area (Å²) in [6.07, 6.45) is 2.00. The molecule has 1 saturated heterocycles. The third kappa shape index (κ3) is 2.57. The summed E-state index contributed by atoms with van der Waals surface area (Å²) in [7, 11) is 1.70. The van der Waals surface area contributed by atoms with Crippen molar-refractivity contribution in [3.8, 4) is 0 Å². The van der Waals surface area contributed by atoms with Gasteiger partial charge in [-0.15, -0.1) is 6.58 Å². The number of hydrogen-bond acceptors (Lipinski definition) is 4. The van der Waals surface area contributed by atoms with Gasteiger partial charge in [0.25, 0.3) is 0 Å². The van der Waals surface area contributed by atoms with E-state index in [0.29, 0.717) is 6.61 Å². The van der Waals surface area contributed by atoms with Crippen LogP contribution in [-0.4, -0.2) is 39.0 Å². The van der Waals surface area contributed by atoms with Crippen LogP contribution in [-0.2, 0) is 9.47 Å². The van der Waals surface area contributed by atoms with E-state index in [2.05, 4.69) is 17.4 Å². The van der Waals surface area contributed by atoms with Gasteiger partial charge in [0.15, 0.2) is 0 Å². The Morgan fingerprint density at radius 1 is 1.42 bits per heavy atom. The molecule has 1 aliphatic heterocycles. The highest BCUT2D eigenvalue weighted by Crippen LogP contribution is 2.04. The van der Waals surface area contributed by atoms with Crippen molar-refractivity contribution in [1.29, 1.82) is 0 Å². The number of hydrogen-bond donors (Lipinski definition) is 2. The first-order valence-electron chi connectivity index (χ1n) is 4.09. The minimum absolute atomic E-state index is 0.120. The van der Waals surface area contributed by atoms with Crippen molar-refractivity contribution in [2.75, 3.05) is 26.8 Å². The summed E-state index contributed by atoms with van der Waals surface area (Å²) in [6, 6.07) is 0. The van der Waals surface area contributed by atoms with Crippen LogP contribution < -0.4 is 10.9 Å². The Kier molecular flexibility index (Phi) is 4.24. The number of methoxy groups -OCH3 is 1. The summed E-state index contributed by atoms with van der Waals surface area (Å²) >= 11 is 0. The SMILES string of the molecule is C=CCOC1CNNCC1OC. The van der Waals surface area contributed by atoms with Crippen LogP contribution in [0.25, 0.3) is 0 Å². The molecule has 2 N–H and O–H groups in total. The molecule has 0 saturated carbocycles. The van der Waals surface area contributed by atoms with Crippen molar-refractivity contribution >= 4 is 0 Å². The fourth-order valence-corrected chi connectivity index (χ4v) is 1.20. The van der Waals surface area contributed by atoms with E-state index in [-0.39, 0.29) is 12.2 Å². The van der Waals surface area contributed by atoms with Crippen LogP contribution in [0, 0.1) is 0 Å². The maximum atomic E-state index is 5.49. The Balaban J connectivity index is 2.30. The van der Waals surface area contributed by atoms with Gasteiger partial charge in [0.2, 0.25) is 0 Å². The lowest BCUT2D eigenvalue weighted by atomic mass is 10.2. The van der Waals surface area contributed by atoms with E-state index in [0.717, 1.165) is 13.1 Å². The van der Waals surface area contributed by atoms with Crippen LogP contribution in [0.2, 0.25) is 0 Å². The molecule has 1 aliphatic rings. The van der Waals surface area contributed by atoms with Gasteiger partial charge in [-0.25, -0.2) is 0 Å². The normalized spacial score (nSPS) is 30.1.